The molecule has 0 saturated carbocycles. The van der Waals surface area contributed by atoms with E-state index in [9.17, 15) is 9.90 Å². The van der Waals surface area contributed by atoms with E-state index >= 15 is 0 Å². The summed E-state index contributed by atoms with van der Waals surface area (Å²) < 4.78 is 11.4. The van der Waals surface area contributed by atoms with Crippen LogP contribution in [0.4, 0.5) is 5.82 Å². The van der Waals surface area contributed by atoms with Gasteiger partial charge in [-0.3, -0.25) is 0 Å². The predicted octanol–water partition coefficient (Wildman–Crippen LogP) is 1.69. The van der Waals surface area contributed by atoms with Crippen LogP contribution in [-0.4, -0.2) is 48.2 Å². The maximum Gasteiger partial charge on any atom is 0.335 e. The lowest BCUT2D eigenvalue weighted by molar-refractivity contribution is -0.169. The molecule has 0 radical (unpaired) electrons. The van der Waals surface area contributed by atoms with Crippen LogP contribution in [0.5, 0.6) is 0 Å². The number of pyridine rings is 1. The highest BCUT2D eigenvalue weighted by molar-refractivity contribution is 5.88. The van der Waals surface area contributed by atoms with E-state index in [4.69, 9.17) is 9.47 Å². The number of nitrogens with zero attached hydrogens (tertiary/aromatic N) is 2. The average molecular weight is 292 g/mol. The summed E-state index contributed by atoms with van der Waals surface area (Å²) in [7, 11) is 0. The van der Waals surface area contributed by atoms with Gasteiger partial charge in [0.2, 0.25) is 0 Å². The monoisotopic (exact) mass is 292 g/mol. The third-order valence-corrected chi connectivity index (χ3v) is 4.14. The van der Waals surface area contributed by atoms with Crippen LogP contribution in [-0.2, 0) is 15.9 Å². The van der Waals surface area contributed by atoms with Gasteiger partial charge in [-0.05, 0) is 18.6 Å². The average Bonchev–Trinajstić information content (AvgIpc) is 2.95. The van der Waals surface area contributed by atoms with Crippen LogP contribution >= 0.6 is 0 Å². The van der Waals surface area contributed by atoms with E-state index < -0.39 is 11.8 Å². The maximum atomic E-state index is 11.2. The summed E-state index contributed by atoms with van der Waals surface area (Å²) in [5.41, 5.74) is 1.10. The van der Waals surface area contributed by atoms with Crippen molar-refractivity contribution in [3.05, 3.63) is 23.4 Å². The van der Waals surface area contributed by atoms with Crippen LogP contribution in [0, 0.1) is 0 Å². The van der Waals surface area contributed by atoms with E-state index in [0.29, 0.717) is 18.8 Å². The van der Waals surface area contributed by atoms with Gasteiger partial charge in [0, 0.05) is 31.6 Å². The number of aromatic carboxylic acids is 1. The standard InChI is InChI=1S/C15H20N2O4/c1-2-12-9-11(14(18)19)10-13(16-12)17-5-3-15(4-6-17)20-7-8-21-15/h9-10H,2-8H2,1H3,(H,18,19). The molecule has 2 saturated heterocycles. The number of aromatic nitrogens is 1. The Bertz CT molecular complexity index is 530. The zero-order chi connectivity index (χ0) is 14.9. The third kappa shape index (κ3) is 2.87. The fourth-order valence-electron chi connectivity index (χ4n) is 2.90. The van der Waals surface area contributed by atoms with Crippen molar-refractivity contribution in [2.75, 3.05) is 31.2 Å². The van der Waals surface area contributed by atoms with E-state index in [1.165, 1.54) is 0 Å². The summed E-state index contributed by atoms with van der Waals surface area (Å²) in [6.07, 6.45) is 2.29. The van der Waals surface area contributed by atoms with Gasteiger partial charge in [0.1, 0.15) is 5.82 Å². The highest BCUT2D eigenvalue weighted by Gasteiger charge is 2.40. The molecule has 3 rings (SSSR count). The second-order valence-electron chi connectivity index (χ2n) is 5.46. The fourth-order valence-corrected chi connectivity index (χ4v) is 2.90. The summed E-state index contributed by atoms with van der Waals surface area (Å²) >= 11 is 0. The molecule has 1 aromatic heterocycles. The van der Waals surface area contributed by atoms with Gasteiger partial charge < -0.3 is 19.5 Å². The summed E-state index contributed by atoms with van der Waals surface area (Å²) in [5.74, 6) is -0.599. The molecule has 21 heavy (non-hydrogen) atoms. The molecule has 114 valence electrons. The van der Waals surface area contributed by atoms with E-state index in [1.54, 1.807) is 12.1 Å². The van der Waals surface area contributed by atoms with Gasteiger partial charge in [0.15, 0.2) is 5.79 Å². The second kappa shape index (κ2) is 5.61. The molecular formula is C15H20N2O4. The van der Waals surface area contributed by atoms with Crippen molar-refractivity contribution in [2.24, 2.45) is 0 Å². The van der Waals surface area contributed by atoms with Gasteiger partial charge in [-0.2, -0.15) is 0 Å². The molecule has 0 bridgehead atoms. The lowest BCUT2D eigenvalue weighted by Gasteiger charge is -2.38. The van der Waals surface area contributed by atoms with Gasteiger partial charge in [0.05, 0.1) is 18.8 Å². The number of carboxylic acid groups (broad SMARTS) is 1. The lowest BCUT2D eigenvalue weighted by Crippen LogP contribution is -2.45. The molecule has 6 nitrogen and oxygen atoms in total. The normalized spacial score (nSPS) is 20.9. The number of carboxylic acids is 1. The molecule has 2 aliphatic heterocycles. The smallest absolute Gasteiger partial charge is 0.335 e. The Balaban J connectivity index is 1.78. The van der Waals surface area contributed by atoms with E-state index in [2.05, 4.69) is 9.88 Å². The number of aryl methyl sites for hydroxylation is 1. The van der Waals surface area contributed by atoms with Crippen LogP contribution < -0.4 is 4.90 Å². The predicted molar refractivity (Wildman–Crippen MR) is 76.7 cm³/mol. The largest absolute Gasteiger partial charge is 0.478 e. The van der Waals surface area contributed by atoms with Crippen molar-refractivity contribution < 1.29 is 19.4 Å². The third-order valence-electron chi connectivity index (χ3n) is 4.14. The lowest BCUT2D eigenvalue weighted by atomic mass is 10.0. The molecule has 0 atom stereocenters. The zero-order valence-electron chi connectivity index (χ0n) is 12.2. The van der Waals surface area contributed by atoms with Gasteiger partial charge in [-0.1, -0.05) is 6.92 Å². The molecule has 3 heterocycles. The molecule has 0 amide bonds. The molecular weight excluding hydrogens is 272 g/mol. The molecule has 2 fully saturated rings. The Hall–Kier alpha value is -1.66. The first-order chi connectivity index (χ1) is 10.1. The number of anilines is 1. The van der Waals surface area contributed by atoms with Crippen molar-refractivity contribution in [1.82, 2.24) is 4.98 Å². The summed E-state index contributed by atoms with van der Waals surface area (Å²) in [4.78, 5) is 17.9. The van der Waals surface area contributed by atoms with Crippen molar-refractivity contribution in [3.63, 3.8) is 0 Å². The van der Waals surface area contributed by atoms with Crippen molar-refractivity contribution in [2.45, 2.75) is 32.0 Å². The van der Waals surface area contributed by atoms with Gasteiger partial charge in [-0.15, -0.1) is 0 Å². The topological polar surface area (TPSA) is 71.9 Å². The van der Waals surface area contributed by atoms with Crippen molar-refractivity contribution in [3.8, 4) is 0 Å². The van der Waals surface area contributed by atoms with Crippen LogP contribution in [0.3, 0.4) is 0 Å². The molecule has 0 aliphatic carbocycles. The Morgan fingerprint density at radius 2 is 2.00 bits per heavy atom. The SMILES string of the molecule is CCc1cc(C(=O)O)cc(N2CCC3(CC2)OCCO3)n1. The van der Waals surface area contributed by atoms with E-state index in [0.717, 1.165) is 43.9 Å². The first-order valence-corrected chi connectivity index (χ1v) is 7.39. The molecule has 2 aliphatic rings. The van der Waals surface area contributed by atoms with Crippen LogP contribution in [0.25, 0.3) is 0 Å². The van der Waals surface area contributed by atoms with Crippen molar-refractivity contribution >= 4 is 11.8 Å². The van der Waals surface area contributed by atoms with Crippen LogP contribution in [0.15, 0.2) is 12.1 Å². The Kier molecular flexibility index (Phi) is 3.82. The number of hydrogen-bond donors (Lipinski definition) is 1. The highest BCUT2D eigenvalue weighted by Crippen LogP contribution is 2.33. The zero-order valence-corrected chi connectivity index (χ0v) is 12.2. The van der Waals surface area contributed by atoms with E-state index in [-0.39, 0.29) is 0 Å². The number of piperidine rings is 1. The first-order valence-electron chi connectivity index (χ1n) is 7.39. The molecule has 1 spiro atoms. The number of carbonyl (C=O) groups is 1. The Morgan fingerprint density at radius 1 is 1.33 bits per heavy atom. The van der Waals surface area contributed by atoms with Crippen LogP contribution in [0.2, 0.25) is 0 Å². The fraction of sp³-hybridized carbons (Fsp3) is 0.600. The minimum absolute atomic E-state index is 0.297. The van der Waals surface area contributed by atoms with Crippen molar-refractivity contribution in [1.29, 1.82) is 0 Å². The number of rotatable bonds is 3. The second-order valence-corrected chi connectivity index (χ2v) is 5.46. The Labute approximate surface area is 123 Å². The van der Waals surface area contributed by atoms with Gasteiger partial charge in [0.25, 0.3) is 0 Å². The molecule has 1 N–H and O–H groups in total. The van der Waals surface area contributed by atoms with Crippen LogP contribution in [0.1, 0.15) is 35.8 Å². The molecule has 1 aromatic rings. The van der Waals surface area contributed by atoms with Gasteiger partial charge >= 0.3 is 5.97 Å². The summed E-state index contributed by atoms with van der Waals surface area (Å²) in [5, 5.41) is 9.21. The molecule has 6 heteroatoms. The molecule has 0 aromatic carbocycles. The quantitative estimate of drug-likeness (QED) is 0.914. The minimum atomic E-state index is -0.913. The number of hydrogen-bond acceptors (Lipinski definition) is 5. The maximum absolute atomic E-state index is 11.2. The molecule has 0 unspecified atom stereocenters. The summed E-state index contributed by atoms with van der Waals surface area (Å²) in [6.45, 7) is 4.82. The summed E-state index contributed by atoms with van der Waals surface area (Å²) in [6, 6.07) is 3.29. The Morgan fingerprint density at radius 3 is 2.57 bits per heavy atom. The first kappa shape index (κ1) is 14.3. The van der Waals surface area contributed by atoms with Gasteiger partial charge in [-0.25, -0.2) is 9.78 Å². The number of ether oxygens (including phenoxy) is 2. The highest BCUT2D eigenvalue weighted by atomic mass is 16.7. The minimum Gasteiger partial charge on any atom is -0.478 e. The van der Waals surface area contributed by atoms with E-state index in [1.807, 2.05) is 6.92 Å².